The van der Waals surface area contributed by atoms with Crippen LogP contribution in [0.4, 0.5) is 0 Å². The summed E-state index contributed by atoms with van der Waals surface area (Å²) in [5, 5.41) is 12.7. The van der Waals surface area contributed by atoms with E-state index >= 15 is 0 Å². The second-order valence-corrected chi connectivity index (χ2v) is 7.11. The van der Waals surface area contributed by atoms with E-state index in [2.05, 4.69) is 15.3 Å². The van der Waals surface area contributed by atoms with Gasteiger partial charge in [-0.2, -0.15) is 0 Å². The van der Waals surface area contributed by atoms with Crippen molar-refractivity contribution in [3.63, 3.8) is 0 Å². The second-order valence-electron chi connectivity index (χ2n) is 6.14. The van der Waals surface area contributed by atoms with Crippen LogP contribution < -0.4 is 5.32 Å². The third-order valence-corrected chi connectivity index (χ3v) is 5.03. The molecule has 128 valence electrons. The Morgan fingerprint density at radius 1 is 1.50 bits per heavy atom. The number of imidazole rings is 1. The summed E-state index contributed by atoms with van der Waals surface area (Å²) in [6.45, 7) is 2.57. The summed E-state index contributed by atoms with van der Waals surface area (Å²) in [6, 6.07) is 5.32. The molecule has 1 aromatic heterocycles. The summed E-state index contributed by atoms with van der Waals surface area (Å²) in [5.74, 6) is -0.709. The number of likely N-dealkylation sites (tertiary alicyclic amines) is 1. The van der Waals surface area contributed by atoms with Crippen LogP contribution in [0.3, 0.4) is 0 Å². The van der Waals surface area contributed by atoms with Gasteiger partial charge < -0.3 is 15.4 Å². The normalized spacial score (nSPS) is 21.2. The predicted molar refractivity (Wildman–Crippen MR) is 92.2 cm³/mol. The largest absolute Gasteiger partial charge is 0.480 e. The van der Waals surface area contributed by atoms with Gasteiger partial charge in [0.05, 0.1) is 16.8 Å². The number of amides is 1. The molecule has 0 aliphatic carbocycles. The van der Waals surface area contributed by atoms with E-state index in [0.717, 1.165) is 16.6 Å². The quantitative estimate of drug-likeness (QED) is 0.703. The summed E-state index contributed by atoms with van der Waals surface area (Å²) in [5.41, 5.74) is 2.99. The zero-order chi connectivity index (χ0) is 17.3. The standard InChI is InChI=1S/C16H20N4O3S/c1-9-3-4-11-12(5-9)19-16(18-11)24-8-14(21)17-10-6-13(15(22)23)20(2)7-10/h3-5,10,13H,6-8H2,1-2H3,(H,17,21)(H,18,19)(H,22,23)/t10-,13+/m1/s1. The van der Waals surface area contributed by atoms with E-state index in [4.69, 9.17) is 5.11 Å². The Hall–Kier alpha value is -2.06. The number of rotatable bonds is 5. The number of thioether (sulfide) groups is 1. The summed E-state index contributed by atoms with van der Waals surface area (Å²) in [7, 11) is 1.76. The van der Waals surface area contributed by atoms with Crippen molar-refractivity contribution in [3.8, 4) is 0 Å². The summed E-state index contributed by atoms with van der Waals surface area (Å²) in [6.07, 6.45) is 0.437. The van der Waals surface area contributed by atoms with Crippen molar-refractivity contribution >= 4 is 34.7 Å². The molecule has 2 aromatic rings. The number of aliphatic carboxylic acids is 1. The van der Waals surface area contributed by atoms with Gasteiger partial charge in [0.1, 0.15) is 6.04 Å². The van der Waals surface area contributed by atoms with Crippen molar-refractivity contribution in [2.45, 2.75) is 30.6 Å². The summed E-state index contributed by atoms with van der Waals surface area (Å²) in [4.78, 5) is 32.6. The summed E-state index contributed by atoms with van der Waals surface area (Å²) >= 11 is 1.34. The SMILES string of the molecule is Cc1ccc2nc(SCC(=O)N[C@@H]3C[C@@H](C(=O)O)N(C)C3)[nH]c2c1. The van der Waals surface area contributed by atoms with Crippen LogP contribution in [0.15, 0.2) is 23.4 Å². The van der Waals surface area contributed by atoms with Crippen molar-refractivity contribution in [1.29, 1.82) is 0 Å². The van der Waals surface area contributed by atoms with E-state index in [0.29, 0.717) is 18.1 Å². The minimum atomic E-state index is -0.846. The molecule has 0 radical (unpaired) electrons. The molecular weight excluding hydrogens is 328 g/mol. The van der Waals surface area contributed by atoms with Gasteiger partial charge in [-0.25, -0.2) is 4.98 Å². The first kappa shape index (κ1) is 16.8. The molecule has 2 atom stereocenters. The van der Waals surface area contributed by atoms with Crippen molar-refractivity contribution in [2.24, 2.45) is 0 Å². The predicted octanol–water partition coefficient (Wildman–Crippen LogP) is 1.24. The fourth-order valence-electron chi connectivity index (χ4n) is 2.96. The van der Waals surface area contributed by atoms with E-state index < -0.39 is 12.0 Å². The lowest BCUT2D eigenvalue weighted by atomic mass is 10.2. The molecule has 3 N–H and O–H groups in total. The highest BCUT2D eigenvalue weighted by atomic mass is 32.2. The van der Waals surface area contributed by atoms with Gasteiger partial charge in [-0.3, -0.25) is 14.5 Å². The Balaban J connectivity index is 1.53. The van der Waals surface area contributed by atoms with Crippen LogP contribution in [-0.4, -0.2) is 63.3 Å². The van der Waals surface area contributed by atoms with Crippen molar-refractivity contribution in [3.05, 3.63) is 23.8 Å². The molecule has 1 aromatic carbocycles. The molecule has 2 heterocycles. The van der Waals surface area contributed by atoms with E-state index in [1.165, 1.54) is 11.8 Å². The lowest BCUT2D eigenvalue weighted by Crippen LogP contribution is -2.37. The minimum absolute atomic E-state index is 0.110. The number of nitrogens with one attached hydrogen (secondary N) is 2. The Morgan fingerprint density at radius 3 is 3.00 bits per heavy atom. The number of nitrogens with zero attached hydrogens (tertiary/aromatic N) is 2. The number of hydrogen-bond donors (Lipinski definition) is 3. The van der Waals surface area contributed by atoms with Crippen molar-refractivity contribution < 1.29 is 14.7 Å². The molecule has 3 rings (SSSR count). The zero-order valence-corrected chi connectivity index (χ0v) is 14.4. The van der Waals surface area contributed by atoms with Gasteiger partial charge >= 0.3 is 5.97 Å². The number of hydrogen-bond acceptors (Lipinski definition) is 5. The number of carboxylic acid groups (broad SMARTS) is 1. The molecule has 1 aliphatic heterocycles. The second kappa shape index (κ2) is 6.82. The number of carbonyl (C=O) groups excluding carboxylic acids is 1. The lowest BCUT2D eigenvalue weighted by molar-refractivity contribution is -0.141. The van der Waals surface area contributed by atoms with Gasteiger partial charge in [0.15, 0.2) is 5.16 Å². The van der Waals surface area contributed by atoms with Crippen LogP contribution in [0.2, 0.25) is 0 Å². The molecule has 1 aliphatic rings. The highest BCUT2D eigenvalue weighted by Crippen LogP contribution is 2.21. The lowest BCUT2D eigenvalue weighted by Gasteiger charge is -2.13. The Kier molecular flexibility index (Phi) is 4.77. The average Bonchev–Trinajstić information content (AvgIpc) is 3.07. The molecule has 1 amide bonds. The maximum absolute atomic E-state index is 12.1. The van der Waals surface area contributed by atoms with Crippen LogP contribution in [0.1, 0.15) is 12.0 Å². The number of aromatic amines is 1. The number of aryl methyl sites for hydroxylation is 1. The number of carbonyl (C=O) groups is 2. The van der Waals surface area contributed by atoms with Crippen molar-refractivity contribution in [2.75, 3.05) is 19.3 Å². The van der Waals surface area contributed by atoms with Crippen LogP contribution in [0, 0.1) is 6.92 Å². The van der Waals surface area contributed by atoms with E-state index in [1.807, 2.05) is 25.1 Å². The number of carboxylic acids is 1. The first-order chi connectivity index (χ1) is 11.4. The van der Waals surface area contributed by atoms with Crippen LogP contribution in [-0.2, 0) is 9.59 Å². The molecule has 0 spiro atoms. The maximum atomic E-state index is 12.1. The van der Waals surface area contributed by atoms with Gasteiger partial charge in [-0.05, 0) is 38.1 Å². The van der Waals surface area contributed by atoms with Crippen LogP contribution in [0.5, 0.6) is 0 Å². The van der Waals surface area contributed by atoms with E-state index in [-0.39, 0.29) is 17.7 Å². The first-order valence-corrected chi connectivity index (χ1v) is 8.72. The van der Waals surface area contributed by atoms with Crippen LogP contribution >= 0.6 is 11.8 Å². The van der Waals surface area contributed by atoms with Gasteiger partial charge in [0.2, 0.25) is 5.91 Å². The zero-order valence-electron chi connectivity index (χ0n) is 13.6. The molecule has 8 heteroatoms. The third kappa shape index (κ3) is 3.70. The highest BCUT2D eigenvalue weighted by molar-refractivity contribution is 7.99. The van der Waals surface area contributed by atoms with Gasteiger partial charge in [0.25, 0.3) is 0 Å². The highest BCUT2D eigenvalue weighted by Gasteiger charge is 2.34. The molecule has 7 nitrogen and oxygen atoms in total. The van der Waals surface area contributed by atoms with Gasteiger partial charge in [-0.1, -0.05) is 17.8 Å². The number of fused-ring (bicyclic) bond motifs is 1. The minimum Gasteiger partial charge on any atom is -0.480 e. The van der Waals surface area contributed by atoms with E-state index in [9.17, 15) is 9.59 Å². The smallest absolute Gasteiger partial charge is 0.320 e. The Morgan fingerprint density at radius 2 is 2.29 bits per heavy atom. The number of H-pyrrole nitrogens is 1. The number of likely N-dealkylation sites (N-methyl/N-ethyl adjacent to an activating group) is 1. The number of aromatic nitrogens is 2. The first-order valence-electron chi connectivity index (χ1n) is 7.74. The van der Waals surface area contributed by atoms with Crippen molar-refractivity contribution in [1.82, 2.24) is 20.2 Å². The Bertz CT molecular complexity index is 776. The molecule has 0 unspecified atom stereocenters. The molecule has 1 fully saturated rings. The molecule has 1 saturated heterocycles. The Labute approximate surface area is 143 Å². The third-order valence-electron chi connectivity index (χ3n) is 4.15. The molecule has 0 bridgehead atoms. The number of benzene rings is 1. The average molecular weight is 348 g/mol. The summed E-state index contributed by atoms with van der Waals surface area (Å²) < 4.78 is 0. The maximum Gasteiger partial charge on any atom is 0.320 e. The topological polar surface area (TPSA) is 98.3 Å². The fourth-order valence-corrected chi connectivity index (χ4v) is 3.66. The molecule has 0 saturated carbocycles. The molecular formula is C16H20N4O3S. The van der Waals surface area contributed by atoms with E-state index in [1.54, 1.807) is 11.9 Å². The van der Waals surface area contributed by atoms with Gasteiger partial charge in [0, 0.05) is 12.6 Å². The monoisotopic (exact) mass is 348 g/mol. The van der Waals surface area contributed by atoms with Gasteiger partial charge in [-0.15, -0.1) is 0 Å². The molecule has 24 heavy (non-hydrogen) atoms. The van der Waals surface area contributed by atoms with Crippen LogP contribution in [0.25, 0.3) is 11.0 Å². The fraction of sp³-hybridized carbons (Fsp3) is 0.438.